The van der Waals surface area contributed by atoms with Crippen LogP contribution in [0.4, 0.5) is 5.69 Å². The number of amides is 3. The molecule has 0 bridgehead atoms. The zero-order valence-corrected chi connectivity index (χ0v) is 21.0. The number of aliphatic imine (C=N–C) groups is 1. The number of carbonyl (C=O) groups excluding carboxylic acids is 3. The third-order valence-corrected chi connectivity index (χ3v) is 6.16. The lowest BCUT2D eigenvalue weighted by Gasteiger charge is -2.15. The number of nitrogens with two attached hydrogens (primary N) is 3. The van der Waals surface area contributed by atoms with Crippen LogP contribution in [0.15, 0.2) is 57.9 Å². The van der Waals surface area contributed by atoms with Gasteiger partial charge < -0.3 is 37.6 Å². The molecule has 12 nitrogen and oxygen atoms in total. The summed E-state index contributed by atoms with van der Waals surface area (Å²) in [6.45, 7) is -0.118. The first-order valence-corrected chi connectivity index (χ1v) is 12.1. The van der Waals surface area contributed by atoms with E-state index in [1.807, 2.05) is 55.6 Å². The molecule has 0 saturated heterocycles. The molecule has 12 heteroatoms. The highest BCUT2D eigenvalue weighted by molar-refractivity contribution is 6.11. The molecule has 0 unspecified atom stereocenters. The summed E-state index contributed by atoms with van der Waals surface area (Å²) in [4.78, 5) is 40.4. The van der Waals surface area contributed by atoms with Crippen molar-refractivity contribution in [3.63, 3.8) is 0 Å². The van der Waals surface area contributed by atoms with Crippen LogP contribution in [0.3, 0.4) is 0 Å². The number of anilines is 1. The summed E-state index contributed by atoms with van der Waals surface area (Å²) in [5.41, 5.74) is 19.8. The third-order valence-electron chi connectivity index (χ3n) is 6.16. The average molecular weight is 520 g/mol. The van der Waals surface area contributed by atoms with Gasteiger partial charge in [-0.2, -0.15) is 4.57 Å². The summed E-state index contributed by atoms with van der Waals surface area (Å²) in [5, 5.41) is 10.1. The van der Waals surface area contributed by atoms with Crippen LogP contribution in [0, 0.1) is 0 Å². The summed E-state index contributed by atoms with van der Waals surface area (Å²) in [7, 11) is 1.97. The summed E-state index contributed by atoms with van der Waals surface area (Å²) in [6.07, 6.45) is 0.709. The smallest absolute Gasteiger partial charge is 0.261 e. The number of fused-ring (bicyclic) bond motifs is 4. The Balaban J connectivity index is 1.42. The first kappa shape index (κ1) is 26.2. The van der Waals surface area contributed by atoms with E-state index in [4.69, 9.17) is 21.6 Å². The molecule has 4 aromatic rings. The average Bonchev–Trinajstić information content (AvgIpc) is 3.28. The quantitative estimate of drug-likeness (QED) is 0.0700. The van der Waals surface area contributed by atoms with Crippen molar-refractivity contribution in [3.8, 4) is 0 Å². The van der Waals surface area contributed by atoms with Crippen molar-refractivity contribution in [3.05, 3.63) is 48.5 Å². The number of aryl methyl sites for hydroxylation is 1. The van der Waals surface area contributed by atoms with E-state index in [-0.39, 0.29) is 25.5 Å². The molecule has 0 fully saturated rings. The van der Waals surface area contributed by atoms with Gasteiger partial charge in [-0.25, -0.2) is 0 Å². The number of hydrogen-bond acceptors (Lipinski definition) is 6. The van der Waals surface area contributed by atoms with Crippen molar-refractivity contribution < 1.29 is 23.4 Å². The molecule has 38 heavy (non-hydrogen) atoms. The predicted octanol–water partition coefficient (Wildman–Crippen LogP) is 0.116. The zero-order chi connectivity index (χ0) is 27.2. The van der Waals surface area contributed by atoms with Crippen molar-refractivity contribution in [1.29, 1.82) is 0 Å². The van der Waals surface area contributed by atoms with Crippen molar-refractivity contribution >= 4 is 62.3 Å². The van der Waals surface area contributed by atoms with Gasteiger partial charge in [0.15, 0.2) is 5.96 Å². The molecule has 0 aliphatic heterocycles. The Hall–Kier alpha value is -4.87. The van der Waals surface area contributed by atoms with E-state index in [1.165, 1.54) is 0 Å². The molecule has 0 saturated carbocycles. The lowest BCUT2D eigenvalue weighted by molar-refractivity contribution is -0.616. The van der Waals surface area contributed by atoms with Crippen molar-refractivity contribution in [1.82, 2.24) is 10.6 Å². The summed E-state index contributed by atoms with van der Waals surface area (Å²) < 4.78 is 8.25. The van der Waals surface area contributed by atoms with Crippen molar-refractivity contribution in [2.75, 3.05) is 25.0 Å². The number of carbonyl (C=O) groups is 3. The number of nitrogens with zero attached hydrogens (tertiary/aromatic N) is 2. The van der Waals surface area contributed by atoms with Gasteiger partial charge >= 0.3 is 0 Å². The second-order valence-electron chi connectivity index (χ2n) is 8.83. The molecule has 198 valence electrons. The fourth-order valence-corrected chi connectivity index (χ4v) is 4.37. The molecule has 3 amide bonds. The van der Waals surface area contributed by atoms with Gasteiger partial charge in [0.1, 0.15) is 18.7 Å². The van der Waals surface area contributed by atoms with Crippen molar-refractivity contribution in [2.24, 2.45) is 29.2 Å². The van der Waals surface area contributed by atoms with Gasteiger partial charge in [0, 0.05) is 12.6 Å². The van der Waals surface area contributed by atoms with Crippen LogP contribution in [0.1, 0.15) is 12.8 Å². The summed E-state index contributed by atoms with van der Waals surface area (Å²) in [6, 6.07) is 14.7. The number of pyridine rings is 1. The maximum atomic E-state index is 12.6. The molecule has 0 spiro atoms. The predicted molar refractivity (Wildman–Crippen MR) is 145 cm³/mol. The molecule has 9 N–H and O–H groups in total. The number of benzene rings is 2. The fraction of sp³-hybridized carbons (Fsp3) is 0.269. The highest BCUT2D eigenvalue weighted by Gasteiger charge is 2.24. The fourth-order valence-electron chi connectivity index (χ4n) is 4.37. The van der Waals surface area contributed by atoms with Crippen LogP contribution in [-0.2, 0) is 21.4 Å². The molecule has 1 atom stereocenters. The molecule has 2 aromatic carbocycles. The first-order valence-electron chi connectivity index (χ1n) is 12.1. The minimum atomic E-state index is -0.899. The number of para-hydroxylation sites is 2. The maximum absolute atomic E-state index is 12.6. The van der Waals surface area contributed by atoms with E-state index in [1.54, 1.807) is 0 Å². The maximum Gasteiger partial charge on any atom is 0.261 e. The van der Waals surface area contributed by atoms with E-state index in [0.717, 1.165) is 27.4 Å². The Bertz CT molecular complexity index is 1540. The van der Waals surface area contributed by atoms with Crippen molar-refractivity contribution in [2.45, 2.75) is 18.9 Å². The minimum Gasteiger partial charge on any atom is -0.447 e. The van der Waals surface area contributed by atoms with Gasteiger partial charge in [-0.3, -0.25) is 19.4 Å². The topological polar surface area (TPSA) is 195 Å². The Labute approximate surface area is 218 Å². The van der Waals surface area contributed by atoms with Crippen LogP contribution in [0.5, 0.6) is 0 Å². The molecule has 2 heterocycles. The highest BCUT2D eigenvalue weighted by atomic mass is 16.3. The molecular weight excluding hydrogens is 488 g/mol. The number of rotatable bonds is 11. The van der Waals surface area contributed by atoms with Gasteiger partial charge in [-0.15, -0.1) is 0 Å². The highest BCUT2D eigenvalue weighted by Crippen LogP contribution is 2.35. The number of guanidine groups is 1. The molecule has 2 aromatic heterocycles. The lowest BCUT2D eigenvalue weighted by atomic mass is 10.1. The van der Waals surface area contributed by atoms with E-state index in [0.29, 0.717) is 24.2 Å². The van der Waals surface area contributed by atoms with Crippen LogP contribution in [0.25, 0.3) is 33.0 Å². The summed E-state index contributed by atoms with van der Waals surface area (Å²) >= 11 is 0. The molecule has 0 radical (unpaired) electrons. The van der Waals surface area contributed by atoms with Crippen LogP contribution >= 0.6 is 0 Å². The Morgan fingerprint density at radius 1 is 0.974 bits per heavy atom. The number of aromatic nitrogens is 1. The SMILES string of the molecule is C[n+]1c2ccccc2c(NCC(=O)NCC(=O)N[C@@H](CCCN=C(N)N)C(N)=O)c2oc3ccccc3c21. The molecular formula is C26H31N8O4+. The number of furan rings is 1. The zero-order valence-electron chi connectivity index (χ0n) is 21.0. The number of primary amides is 1. The molecule has 0 aliphatic rings. The van der Waals surface area contributed by atoms with Gasteiger partial charge in [0.2, 0.25) is 28.8 Å². The first-order chi connectivity index (χ1) is 18.3. The minimum absolute atomic E-state index is 0.0561. The lowest BCUT2D eigenvalue weighted by Crippen LogP contribution is -2.48. The monoisotopic (exact) mass is 519 g/mol. The van der Waals surface area contributed by atoms with Gasteiger partial charge in [0.25, 0.3) is 5.52 Å². The van der Waals surface area contributed by atoms with E-state index in [2.05, 4.69) is 25.5 Å². The van der Waals surface area contributed by atoms with E-state index in [9.17, 15) is 14.4 Å². The Morgan fingerprint density at radius 3 is 2.42 bits per heavy atom. The van der Waals surface area contributed by atoms with Crippen LogP contribution in [0.2, 0.25) is 0 Å². The standard InChI is InChI=1S/C26H30N8O4/c1-34-18-10-4-2-7-15(18)22(24-23(34)16-8-3-5-11-19(16)38-24)32-13-20(35)31-14-21(36)33-17(25(27)37)9-6-12-30-26(28)29/h2-5,7-8,10-11,17H,6,9,12-14H2,1H3,(H8,27,28,29,30,31,33,35,36,37)/p+1/t17-/m0/s1. The van der Waals surface area contributed by atoms with Crippen LogP contribution < -0.4 is 37.7 Å². The normalized spacial score (nSPS) is 11.8. The van der Waals surface area contributed by atoms with E-state index >= 15 is 0 Å². The molecule has 0 aliphatic carbocycles. The van der Waals surface area contributed by atoms with Gasteiger partial charge in [-0.1, -0.05) is 24.3 Å². The van der Waals surface area contributed by atoms with Gasteiger partial charge in [-0.05, 0) is 31.0 Å². The Morgan fingerprint density at radius 2 is 1.68 bits per heavy atom. The largest absolute Gasteiger partial charge is 0.447 e. The third kappa shape index (κ3) is 5.75. The number of nitrogens with one attached hydrogen (secondary N) is 3. The second kappa shape index (κ2) is 11.5. The second-order valence-corrected chi connectivity index (χ2v) is 8.83. The van der Waals surface area contributed by atoms with E-state index < -0.39 is 23.8 Å². The molecule has 4 rings (SSSR count). The number of hydrogen-bond donors (Lipinski definition) is 6. The summed E-state index contributed by atoms with van der Waals surface area (Å²) in [5.74, 6) is -1.69. The van der Waals surface area contributed by atoms with Crippen LogP contribution in [-0.4, -0.2) is 49.4 Å². The van der Waals surface area contributed by atoms with Gasteiger partial charge in [0.05, 0.1) is 29.5 Å². The Kier molecular flexibility index (Phi) is 7.90.